The molecule has 0 aromatic carbocycles. The molecule has 0 heterocycles. The summed E-state index contributed by atoms with van der Waals surface area (Å²) in [6.07, 6.45) is 9.92. The van der Waals surface area contributed by atoms with Gasteiger partial charge in [0, 0.05) is 6.92 Å². The van der Waals surface area contributed by atoms with E-state index in [1.54, 1.807) is 6.92 Å². The van der Waals surface area contributed by atoms with Crippen molar-refractivity contribution in [3.63, 3.8) is 0 Å². The molecule has 0 bridgehead atoms. The van der Waals surface area contributed by atoms with E-state index in [0.717, 1.165) is 57.6 Å². The molecule has 0 saturated heterocycles. The first-order chi connectivity index (χ1) is 15.4. The molecule has 0 aliphatic rings. The highest BCUT2D eigenvalue weighted by molar-refractivity contribution is 5.71. The predicted molar refractivity (Wildman–Crippen MR) is 131 cm³/mol. The number of hydrogen-bond donors (Lipinski definition) is 3. The Kier molecular flexibility index (Phi) is 31.3. The minimum atomic E-state index is -0.824. The molecule has 0 aromatic rings. The van der Waals surface area contributed by atoms with Gasteiger partial charge in [0.25, 0.3) is 0 Å². The van der Waals surface area contributed by atoms with Crippen LogP contribution in [-0.2, 0) is 23.9 Å². The largest absolute Gasteiger partial charge is 0.481 e. The Labute approximate surface area is 199 Å². The number of esters is 1. The molecule has 0 radical (unpaired) electrons. The monoisotopic (exact) mass is 474 g/mol. The van der Waals surface area contributed by atoms with Crippen molar-refractivity contribution in [2.24, 2.45) is 17.8 Å². The van der Waals surface area contributed by atoms with Gasteiger partial charge >= 0.3 is 23.9 Å². The molecule has 194 valence electrons. The van der Waals surface area contributed by atoms with Crippen molar-refractivity contribution in [3.8, 4) is 0 Å². The van der Waals surface area contributed by atoms with Crippen LogP contribution in [0.2, 0.25) is 0 Å². The quantitative estimate of drug-likeness (QED) is 0.164. The number of aliphatic carboxylic acids is 3. The predicted octanol–water partition coefficient (Wildman–Crippen LogP) is 6.16. The van der Waals surface area contributed by atoms with Crippen LogP contribution in [0.1, 0.15) is 92.9 Å². The van der Waals surface area contributed by atoms with E-state index in [2.05, 4.69) is 31.7 Å². The van der Waals surface area contributed by atoms with Gasteiger partial charge in [-0.2, -0.15) is 0 Å². The zero-order chi connectivity index (χ0) is 26.8. The van der Waals surface area contributed by atoms with Gasteiger partial charge in [-0.15, -0.1) is 6.58 Å². The number of ether oxygens (including phenoxy) is 1. The molecule has 0 rings (SSSR count). The van der Waals surface area contributed by atoms with Crippen LogP contribution in [0.25, 0.3) is 0 Å². The molecule has 8 nitrogen and oxygen atoms in total. The fourth-order valence-electron chi connectivity index (χ4n) is 2.12. The molecular formula is C25H46O8. The van der Waals surface area contributed by atoms with E-state index in [1.807, 2.05) is 13.8 Å². The van der Waals surface area contributed by atoms with E-state index in [0.29, 0.717) is 0 Å². The normalized spacial score (nSPS) is 11.8. The highest BCUT2D eigenvalue weighted by atomic mass is 16.5. The van der Waals surface area contributed by atoms with Crippen molar-refractivity contribution in [1.29, 1.82) is 0 Å². The summed E-state index contributed by atoms with van der Waals surface area (Å²) in [5.41, 5.74) is 0. The molecule has 33 heavy (non-hydrogen) atoms. The van der Waals surface area contributed by atoms with E-state index >= 15 is 0 Å². The lowest BCUT2D eigenvalue weighted by Crippen LogP contribution is -2.11. The van der Waals surface area contributed by atoms with Gasteiger partial charge in [0.1, 0.15) is 0 Å². The lowest BCUT2D eigenvalue weighted by atomic mass is 10.00. The zero-order valence-electron chi connectivity index (χ0n) is 21.3. The summed E-state index contributed by atoms with van der Waals surface area (Å²) < 4.78 is 4.17. The average Bonchev–Trinajstić information content (AvgIpc) is 2.75. The van der Waals surface area contributed by atoms with Crippen LogP contribution in [0, 0.1) is 17.8 Å². The molecule has 3 atom stereocenters. The highest BCUT2D eigenvalue weighted by Gasteiger charge is 2.13. The van der Waals surface area contributed by atoms with Gasteiger partial charge in [-0.1, -0.05) is 66.0 Å². The molecule has 0 aliphatic heterocycles. The van der Waals surface area contributed by atoms with Crippen LogP contribution in [0.5, 0.6) is 0 Å². The van der Waals surface area contributed by atoms with Gasteiger partial charge in [0.15, 0.2) is 0 Å². The maximum atomic E-state index is 10.4. The number of carboxylic acids is 3. The number of unbranched alkanes of at least 4 members (excludes halogenated alkanes) is 2. The Morgan fingerprint density at radius 3 is 1.24 bits per heavy atom. The minimum absolute atomic E-state index is 0.111. The van der Waals surface area contributed by atoms with Crippen molar-refractivity contribution < 1.29 is 39.2 Å². The Hall–Kier alpha value is -2.64. The van der Waals surface area contributed by atoms with Gasteiger partial charge in [0.2, 0.25) is 0 Å². The highest BCUT2D eigenvalue weighted by Crippen LogP contribution is 2.12. The minimum Gasteiger partial charge on any atom is -0.481 e. The molecule has 3 unspecified atom stereocenters. The molecule has 0 aromatic heterocycles. The van der Waals surface area contributed by atoms with E-state index in [4.69, 9.17) is 15.3 Å². The average molecular weight is 475 g/mol. The van der Waals surface area contributed by atoms with E-state index in [1.165, 1.54) is 13.0 Å². The SMILES string of the molecule is C=CC(C)C(=O)O.C=COC(C)=O.CCCCC(CC)C(=O)O.CCCCC(CC)C(=O)O. The summed E-state index contributed by atoms with van der Waals surface area (Å²) in [7, 11) is 0. The summed E-state index contributed by atoms with van der Waals surface area (Å²) >= 11 is 0. The Bertz CT molecular complexity index is 517. The first-order valence-electron chi connectivity index (χ1n) is 11.5. The number of carbonyl (C=O) groups is 4. The van der Waals surface area contributed by atoms with Crippen molar-refractivity contribution in [2.45, 2.75) is 92.9 Å². The summed E-state index contributed by atoms with van der Waals surface area (Å²) in [6.45, 7) is 17.4. The standard InChI is InChI=1S/2C8H16O2.C5H8O2.C4H6O2/c2*1-3-5-6-7(4-2)8(9)10;1-3-4(2)5(6)7;1-3-6-4(2)5/h2*7H,3-6H2,1-2H3,(H,9,10);3-4H,1H2,2H3,(H,6,7);3H,1H2,2H3. The molecule has 8 heteroatoms. The van der Waals surface area contributed by atoms with Crippen molar-refractivity contribution in [2.75, 3.05) is 0 Å². The smallest absolute Gasteiger partial charge is 0.310 e. The molecule has 0 spiro atoms. The van der Waals surface area contributed by atoms with Crippen LogP contribution >= 0.6 is 0 Å². The molecule has 0 amide bonds. The Morgan fingerprint density at radius 1 is 0.788 bits per heavy atom. The maximum Gasteiger partial charge on any atom is 0.310 e. The Balaban J connectivity index is -0.000000174. The molecule has 0 fully saturated rings. The second kappa shape index (κ2) is 27.4. The van der Waals surface area contributed by atoms with E-state index in [-0.39, 0.29) is 17.8 Å². The number of hydrogen-bond acceptors (Lipinski definition) is 5. The van der Waals surface area contributed by atoms with Crippen LogP contribution in [0.3, 0.4) is 0 Å². The van der Waals surface area contributed by atoms with Crippen LogP contribution in [0.15, 0.2) is 25.5 Å². The lowest BCUT2D eigenvalue weighted by molar-refractivity contribution is -0.143. The van der Waals surface area contributed by atoms with Crippen molar-refractivity contribution >= 4 is 23.9 Å². The van der Waals surface area contributed by atoms with Crippen LogP contribution < -0.4 is 0 Å². The second-order valence-electron chi connectivity index (χ2n) is 7.31. The van der Waals surface area contributed by atoms with Crippen molar-refractivity contribution in [3.05, 3.63) is 25.5 Å². The number of rotatable bonds is 13. The Morgan fingerprint density at radius 2 is 1.15 bits per heavy atom. The summed E-state index contributed by atoms with van der Waals surface area (Å²) in [4.78, 5) is 40.5. The molecule has 3 N–H and O–H groups in total. The fraction of sp³-hybridized carbons (Fsp3) is 0.680. The third-order valence-corrected chi connectivity index (χ3v) is 4.49. The molecular weight excluding hydrogens is 428 g/mol. The van der Waals surface area contributed by atoms with Gasteiger partial charge in [-0.3, -0.25) is 19.2 Å². The van der Waals surface area contributed by atoms with E-state index < -0.39 is 23.8 Å². The number of carboxylic acid groups (broad SMARTS) is 3. The summed E-state index contributed by atoms with van der Waals surface area (Å²) in [5.74, 6) is -3.08. The van der Waals surface area contributed by atoms with Gasteiger partial charge < -0.3 is 20.1 Å². The maximum absolute atomic E-state index is 10.4. The number of carbonyl (C=O) groups excluding carboxylic acids is 1. The lowest BCUT2D eigenvalue weighted by Gasteiger charge is -2.06. The van der Waals surface area contributed by atoms with Gasteiger partial charge in [0.05, 0.1) is 24.0 Å². The van der Waals surface area contributed by atoms with E-state index in [9.17, 15) is 19.2 Å². The summed E-state index contributed by atoms with van der Waals surface area (Å²) in [5, 5.41) is 25.3. The third kappa shape index (κ3) is 31.6. The molecule has 0 aliphatic carbocycles. The van der Waals surface area contributed by atoms with Crippen LogP contribution in [0.4, 0.5) is 0 Å². The first kappa shape index (κ1) is 37.7. The van der Waals surface area contributed by atoms with Crippen molar-refractivity contribution in [1.82, 2.24) is 0 Å². The van der Waals surface area contributed by atoms with Gasteiger partial charge in [-0.05, 0) is 32.6 Å². The second-order valence-corrected chi connectivity index (χ2v) is 7.31. The summed E-state index contributed by atoms with van der Waals surface area (Å²) in [6, 6.07) is 0. The zero-order valence-corrected chi connectivity index (χ0v) is 21.3. The van der Waals surface area contributed by atoms with Gasteiger partial charge in [-0.25, -0.2) is 0 Å². The first-order valence-corrected chi connectivity index (χ1v) is 11.5. The molecule has 0 saturated carbocycles. The topological polar surface area (TPSA) is 138 Å². The third-order valence-electron chi connectivity index (χ3n) is 4.49. The fourth-order valence-corrected chi connectivity index (χ4v) is 2.12. The van der Waals surface area contributed by atoms with Crippen LogP contribution in [-0.4, -0.2) is 39.2 Å².